The van der Waals surface area contributed by atoms with Crippen molar-refractivity contribution in [1.82, 2.24) is 5.32 Å². The predicted octanol–water partition coefficient (Wildman–Crippen LogP) is 5.11. The van der Waals surface area contributed by atoms with Crippen LogP contribution in [-0.2, 0) is 4.79 Å². The quantitative estimate of drug-likeness (QED) is 0.749. The zero-order chi connectivity index (χ0) is 18.5. The minimum Gasteiger partial charge on any atom is -0.508 e. The fourth-order valence-corrected chi connectivity index (χ4v) is 5.29. The molecule has 2 aliphatic rings. The summed E-state index contributed by atoms with van der Waals surface area (Å²) >= 11 is 12.6. The minimum atomic E-state index is -0.357. The summed E-state index contributed by atoms with van der Waals surface area (Å²) in [5.74, 6) is 0.860. The van der Waals surface area contributed by atoms with Crippen LogP contribution in [0.5, 0.6) is 5.75 Å². The summed E-state index contributed by atoms with van der Waals surface area (Å²) in [5.41, 5.74) is 1.85. The summed E-state index contributed by atoms with van der Waals surface area (Å²) in [6.07, 6.45) is 1.70. The molecule has 4 atom stereocenters. The normalized spacial score (nSPS) is 30.7. The number of carbonyl (C=O) groups excluding carboxylic acids is 1. The molecule has 2 aromatic rings. The Labute approximate surface area is 163 Å². The largest absolute Gasteiger partial charge is 0.508 e. The summed E-state index contributed by atoms with van der Waals surface area (Å²) in [7, 11) is 0. The molecule has 0 bridgehead atoms. The van der Waals surface area contributed by atoms with Crippen LogP contribution in [-0.4, -0.2) is 17.6 Å². The maximum atomic E-state index is 12.5. The van der Waals surface area contributed by atoms with Crippen molar-refractivity contribution in [2.45, 2.75) is 31.6 Å². The highest BCUT2D eigenvalue weighted by atomic mass is 35.5. The smallest absolute Gasteiger partial charge is 0.226 e. The van der Waals surface area contributed by atoms with Crippen LogP contribution in [0.15, 0.2) is 42.5 Å². The molecule has 4 rings (SSSR count). The summed E-state index contributed by atoms with van der Waals surface area (Å²) in [6.45, 7) is 2.76. The number of aromatic hydroxyl groups is 1. The molecular formula is C21H21Cl2NO2. The van der Waals surface area contributed by atoms with Gasteiger partial charge in [-0.15, -0.1) is 0 Å². The van der Waals surface area contributed by atoms with Crippen molar-refractivity contribution in [2.75, 3.05) is 6.54 Å². The van der Waals surface area contributed by atoms with E-state index in [1.165, 1.54) is 5.56 Å². The van der Waals surface area contributed by atoms with E-state index in [9.17, 15) is 9.90 Å². The molecule has 1 saturated heterocycles. The van der Waals surface area contributed by atoms with Crippen LogP contribution in [0.1, 0.15) is 42.7 Å². The lowest BCUT2D eigenvalue weighted by molar-refractivity contribution is -0.129. The molecule has 1 aliphatic carbocycles. The number of benzene rings is 2. The average molecular weight is 390 g/mol. The SMILES string of the molecule is C[C@@]12CC[C@@H](c3ccc(O)cc3Cl)[C@H](c3ccc(Cl)cc3)[C@@H]1CNC2=O. The number of fused-ring (bicyclic) bond motifs is 1. The fourth-order valence-electron chi connectivity index (χ4n) is 4.85. The standard InChI is InChI=1S/C21H21Cl2NO2/c1-21-9-8-16(15-7-6-14(25)10-18(15)23)19(17(21)11-24-20(21)26)12-2-4-13(22)5-3-12/h2-7,10,16-17,19,25H,8-9,11H2,1H3,(H,24,26)/t16-,17-,19-,21+/m0/s1. The van der Waals surface area contributed by atoms with Gasteiger partial charge < -0.3 is 10.4 Å². The Morgan fingerprint density at radius 1 is 1.15 bits per heavy atom. The first-order valence-electron chi connectivity index (χ1n) is 8.92. The minimum absolute atomic E-state index is 0.150. The molecule has 2 fully saturated rings. The maximum Gasteiger partial charge on any atom is 0.226 e. The van der Waals surface area contributed by atoms with Crippen LogP contribution in [0, 0.1) is 11.3 Å². The number of hydrogen-bond donors (Lipinski definition) is 2. The van der Waals surface area contributed by atoms with E-state index in [2.05, 4.69) is 24.4 Å². The van der Waals surface area contributed by atoms with Gasteiger partial charge in [-0.1, -0.05) is 48.3 Å². The molecule has 1 heterocycles. The van der Waals surface area contributed by atoms with E-state index < -0.39 is 0 Å². The highest BCUT2D eigenvalue weighted by molar-refractivity contribution is 6.31. The molecule has 3 nitrogen and oxygen atoms in total. The van der Waals surface area contributed by atoms with E-state index >= 15 is 0 Å². The third kappa shape index (κ3) is 2.78. The zero-order valence-electron chi connectivity index (χ0n) is 14.5. The number of halogens is 2. The first-order valence-corrected chi connectivity index (χ1v) is 9.68. The van der Waals surface area contributed by atoms with Crippen molar-refractivity contribution in [2.24, 2.45) is 11.3 Å². The molecule has 0 unspecified atom stereocenters. The van der Waals surface area contributed by atoms with E-state index in [0.29, 0.717) is 16.6 Å². The summed E-state index contributed by atoms with van der Waals surface area (Å²) in [5, 5.41) is 14.1. The number of phenolic OH excluding ortho intramolecular Hbond substituents is 1. The second-order valence-corrected chi connectivity index (χ2v) is 8.51. The van der Waals surface area contributed by atoms with Gasteiger partial charge in [0.25, 0.3) is 0 Å². The summed E-state index contributed by atoms with van der Waals surface area (Å²) in [4.78, 5) is 12.5. The van der Waals surface area contributed by atoms with Gasteiger partial charge in [0.1, 0.15) is 5.75 Å². The molecule has 0 aromatic heterocycles. The first-order chi connectivity index (χ1) is 12.4. The van der Waals surface area contributed by atoms with Crippen LogP contribution in [0.25, 0.3) is 0 Å². The van der Waals surface area contributed by atoms with Crippen LogP contribution in [0.3, 0.4) is 0 Å². The Kier molecular flexibility index (Phi) is 4.40. The third-order valence-corrected chi connectivity index (χ3v) is 6.88. The summed E-state index contributed by atoms with van der Waals surface area (Å²) in [6, 6.07) is 13.1. The molecule has 1 saturated carbocycles. The number of carbonyl (C=O) groups is 1. The van der Waals surface area contributed by atoms with Gasteiger partial charge in [0.15, 0.2) is 0 Å². The molecule has 0 radical (unpaired) electrons. The summed E-state index contributed by atoms with van der Waals surface area (Å²) < 4.78 is 0. The van der Waals surface area contributed by atoms with E-state index in [1.807, 2.05) is 18.2 Å². The second kappa shape index (κ2) is 6.47. The molecule has 2 N–H and O–H groups in total. The van der Waals surface area contributed by atoms with Gasteiger partial charge in [-0.3, -0.25) is 4.79 Å². The predicted molar refractivity (Wildman–Crippen MR) is 104 cm³/mol. The second-order valence-electron chi connectivity index (χ2n) is 7.66. The first kappa shape index (κ1) is 17.7. The average Bonchev–Trinajstić information content (AvgIpc) is 2.91. The molecular weight excluding hydrogens is 369 g/mol. The van der Waals surface area contributed by atoms with Crippen LogP contribution in [0.2, 0.25) is 10.0 Å². The van der Waals surface area contributed by atoms with E-state index in [1.54, 1.807) is 12.1 Å². The van der Waals surface area contributed by atoms with Gasteiger partial charge in [0.05, 0.1) is 5.41 Å². The van der Waals surface area contributed by atoms with Crippen molar-refractivity contribution in [3.05, 3.63) is 63.6 Å². The lowest BCUT2D eigenvalue weighted by Crippen LogP contribution is -2.41. The number of amides is 1. The van der Waals surface area contributed by atoms with Crippen LogP contribution < -0.4 is 5.32 Å². The Bertz CT molecular complexity index is 852. The molecule has 1 amide bonds. The number of nitrogens with one attached hydrogen (secondary N) is 1. The van der Waals surface area contributed by atoms with E-state index in [0.717, 1.165) is 18.4 Å². The van der Waals surface area contributed by atoms with Gasteiger partial charge >= 0.3 is 0 Å². The monoisotopic (exact) mass is 389 g/mol. The van der Waals surface area contributed by atoms with Crippen molar-refractivity contribution in [1.29, 1.82) is 0 Å². The third-order valence-electron chi connectivity index (χ3n) is 6.30. The van der Waals surface area contributed by atoms with Crippen molar-refractivity contribution in [3.63, 3.8) is 0 Å². The molecule has 5 heteroatoms. The fraction of sp³-hybridized carbons (Fsp3) is 0.381. The highest BCUT2D eigenvalue weighted by Gasteiger charge is 2.54. The van der Waals surface area contributed by atoms with E-state index in [-0.39, 0.29) is 34.8 Å². The molecule has 136 valence electrons. The Balaban J connectivity index is 1.82. The number of hydrogen-bond acceptors (Lipinski definition) is 2. The Morgan fingerprint density at radius 2 is 1.88 bits per heavy atom. The molecule has 1 aliphatic heterocycles. The van der Waals surface area contributed by atoms with Crippen LogP contribution >= 0.6 is 23.2 Å². The van der Waals surface area contributed by atoms with Crippen molar-refractivity contribution < 1.29 is 9.90 Å². The van der Waals surface area contributed by atoms with Gasteiger partial charge in [0, 0.05) is 16.6 Å². The topological polar surface area (TPSA) is 49.3 Å². The van der Waals surface area contributed by atoms with Gasteiger partial charge in [-0.2, -0.15) is 0 Å². The molecule has 26 heavy (non-hydrogen) atoms. The number of rotatable bonds is 2. The van der Waals surface area contributed by atoms with Crippen LogP contribution in [0.4, 0.5) is 0 Å². The lowest BCUT2D eigenvalue weighted by Gasteiger charge is -2.45. The zero-order valence-corrected chi connectivity index (χ0v) is 16.0. The van der Waals surface area contributed by atoms with Crippen molar-refractivity contribution in [3.8, 4) is 5.75 Å². The highest BCUT2D eigenvalue weighted by Crippen LogP contribution is 2.57. The van der Waals surface area contributed by atoms with Gasteiger partial charge in [-0.05, 0) is 66.0 Å². The Morgan fingerprint density at radius 3 is 2.58 bits per heavy atom. The molecule has 2 aromatic carbocycles. The maximum absolute atomic E-state index is 12.5. The molecule has 0 spiro atoms. The van der Waals surface area contributed by atoms with Gasteiger partial charge in [0.2, 0.25) is 5.91 Å². The van der Waals surface area contributed by atoms with Crippen molar-refractivity contribution >= 4 is 29.1 Å². The van der Waals surface area contributed by atoms with E-state index in [4.69, 9.17) is 23.2 Å². The lowest BCUT2D eigenvalue weighted by atomic mass is 9.57. The van der Waals surface area contributed by atoms with Gasteiger partial charge in [-0.25, -0.2) is 0 Å². The Hall–Kier alpha value is -1.71. The number of phenols is 1.